The van der Waals surface area contributed by atoms with Crippen LogP contribution in [-0.2, 0) is 12.9 Å². The molecule has 2 heterocycles. The fourth-order valence-electron chi connectivity index (χ4n) is 3.18. The molecular formula is C24H22ClN5O. The maximum Gasteiger partial charge on any atom is 0.255 e. The summed E-state index contributed by atoms with van der Waals surface area (Å²) in [6.07, 6.45) is 5.53. The first-order valence-corrected chi connectivity index (χ1v) is 10.3. The van der Waals surface area contributed by atoms with Gasteiger partial charge in [-0.2, -0.15) is 5.10 Å². The molecule has 7 heteroatoms. The predicted molar refractivity (Wildman–Crippen MR) is 125 cm³/mol. The molecular weight excluding hydrogens is 410 g/mol. The van der Waals surface area contributed by atoms with Crippen molar-refractivity contribution < 1.29 is 4.79 Å². The van der Waals surface area contributed by atoms with Crippen molar-refractivity contribution in [2.75, 3.05) is 10.6 Å². The molecule has 2 N–H and O–H groups in total. The molecule has 1 amide bonds. The quantitative estimate of drug-likeness (QED) is 0.394. The van der Waals surface area contributed by atoms with Crippen LogP contribution in [0.1, 0.15) is 21.5 Å². The fraction of sp³-hybridized carbons (Fsp3) is 0.125. The van der Waals surface area contributed by atoms with E-state index in [4.69, 9.17) is 11.6 Å². The van der Waals surface area contributed by atoms with Crippen molar-refractivity contribution in [3.8, 4) is 11.1 Å². The average Bonchev–Trinajstić information content (AvgIpc) is 3.22. The van der Waals surface area contributed by atoms with Crippen LogP contribution in [0.3, 0.4) is 0 Å². The summed E-state index contributed by atoms with van der Waals surface area (Å²) in [7, 11) is 1.89. The molecule has 0 spiro atoms. The number of hydrogen-bond donors (Lipinski definition) is 2. The van der Waals surface area contributed by atoms with E-state index in [-0.39, 0.29) is 5.91 Å². The molecule has 0 aliphatic rings. The van der Waals surface area contributed by atoms with Crippen LogP contribution < -0.4 is 10.6 Å². The molecule has 0 aliphatic heterocycles. The number of aromatic nitrogens is 3. The summed E-state index contributed by atoms with van der Waals surface area (Å²) in [5.41, 5.74) is 6.17. The molecule has 0 aliphatic carbocycles. The molecule has 0 saturated heterocycles. The Morgan fingerprint density at radius 2 is 1.87 bits per heavy atom. The van der Waals surface area contributed by atoms with E-state index in [1.54, 1.807) is 23.0 Å². The number of amides is 1. The minimum absolute atomic E-state index is 0.168. The van der Waals surface area contributed by atoms with Gasteiger partial charge >= 0.3 is 0 Å². The third kappa shape index (κ3) is 4.92. The van der Waals surface area contributed by atoms with E-state index in [1.807, 2.05) is 68.8 Å². The van der Waals surface area contributed by atoms with Crippen LogP contribution in [0.5, 0.6) is 0 Å². The maximum atomic E-state index is 12.7. The molecule has 2 aromatic heterocycles. The van der Waals surface area contributed by atoms with Gasteiger partial charge in [-0.25, -0.2) is 4.98 Å². The Morgan fingerprint density at radius 1 is 1.06 bits per heavy atom. The van der Waals surface area contributed by atoms with Crippen molar-refractivity contribution in [2.45, 2.75) is 12.8 Å². The Kier molecular flexibility index (Phi) is 6.00. The largest absolute Gasteiger partial charge is 0.340 e. The van der Waals surface area contributed by atoms with Gasteiger partial charge in [-0.1, -0.05) is 12.1 Å². The Hall–Kier alpha value is -3.64. The summed E-state index contributed by atoms with van der Waals surface area (Å²) in [5, 5.41) is 10.4. The van der Waals surface area contributed by atoms with Gasteiger partial charge in [0.1, 0.15) is 5.82 Å². The number of hydrogen-bond acceptors (Lipinski definition) is 4. The van der Waals surface area contributed by atoms with Crippen molar-refractivity contribution in [1.82, 2.24) is 14.8 Å². The number of alkyl halides is 1. The lowest BCUT2D eigenvalue weighted by Crippen LogP contribution is -2.13. The first-order chi connectivity index (χ1) is 15.0. The number of carbonyl (C=O) groups is 1. The van der Waals surface area contributed by atoms with E-state index in [9.17, 15) is 4.79 Å². The molecule has 0 fully saturated rings. The number of aryl methyl sites for hydroxylation is 2. The highest BCUT2D eigenvalue weighted by Gasteiger charge is 2.09. The number of pyridine rings is 1. The minimum atomic E-state index is -0.168. The van der Waals surface area contributed by atoms with Crippen LogP contribution in [0, 0.1) is 6.92 Å². The molecule has 0 atom stereocenters. The summed E-state index contributed by atoms with van der Waals surface area (Å²) in [5.74, 6) is 0.949. The lowest BCUT2D eigenvalue weighted by Gasteiger charge is -2.11. The van der Waals surface area contributed by atoms with Crippen LogP contribution in [0.15, 0.2) is 73.2 Å². The fourth-order valence-corrected chi connectivity index (χ4v) is 3.35. The van der Waals surface area contributed by atoms with Gasteiger partial charge in [0, 0.05) is 47.8 Å². The maximum absolute atomic E-state index is 12.7. The van der Waals surface area contributed by atoms with Gasteiger partial charge in [-0.05, 0) is 66.1 Å². The zero-order chi connectivity index (χ0) is 21.8. The number of carbonyl (C=O) groups excluding carboxylic acids is 1. The van der Waals surface area contributed by atoms with E-state index in [0.717, 1.165) is 33.6 Å². The molecule has 2 aromatic carbocycles. The Labute approximate surface area is 185 Å². The molecule has 6 nitrogen and oxygen atoms in total. The standard InChI is InChI=1S/C24H22ClN5O/c1-16-3-4-17(13-25)11-22(16)29-24(31)18-5-7-21(8-6-18)28-23-12-19(9-10-26-23)20-14-27-30(2)15-20/h3-12,14-15H,13H2,1-2H3,(H,26,28)(H,29,31). The second-order valence-electron chi connectivity index (χ2n) is 7.27. The first-order valence-electron chi connectivity index (χ1n) is 9.81. The number of nitrogens with one attached hydrogen (secondary N) is 2. The third-order valence-electron chi connectivity index (χ3n) is 4.92. The summed E-state index contributed by atoms with van der Waals surface area (Å²) in [6.45, 7) is 1.95. The predicted octanol–water partition coefficient (Wildman–Crippen LogP) is 5.53. The van der Waals surface area contributed by atoms with Crippen LogP contribution in [0.25, 0.3) is 11.1 Å². The van der Waals surface area contributed by atoms with Crippen LogP contribution >= 0.6 is 11.6 Å². The van der Waals surface area contributed by atoms with E-state index in [0.29, 0.717) is 17.3 Å². The zero-order valence-electron chi connectivity index (χ0n) is 17.3. The number of anilines is 3. The highest BCUT2D eigenvalue weighted by molar-refractivity contribution is 6.17. The number of benzene rings is 2. The molecule has 0 radical (unpaired) electrons. The van der Waals surface area contributed by atoms with Gasteiger partial charge in [0.15, 0.2) is 0 Å². The Bertz CT molecular complexity index is 1220. The van der Waals surface area contributed by atoms with Gasteiger partial charge in [0.2, 0.25) is 0 Å². The average molecular weight is 432 g/mol. The summed E-state index contributed by atoms with van der Waals surface area (Å²) in [4.78, 5) is 17.0. The van der Waals surface area contributed by atoms with E-state index < -0.39 is 0 Å². The lowest BCUT2D eigenvalue weighted by molar-refractivity contribution is 0.102. The zero-order valence-corrected chi connectivity index (χ0v) is 18.0. The molecule has 31 heavy (non-hydrogen) atoms. The smallest absolute Gasteiger partial charge is 0.255 e. The van der Waals surface area contributed by atoms with E-state index >= 15 is 0 Å². The molecule has 0 unspecified atom stereocenters. The van der Waals surface area contributed by atoms with Gasteiger partial charge in [-0.15, -0.1) is 11.6 Å². The SMILES string of the molecule is Cc1ccc(CCl)cc1NC(=O)c1ccc(Nc2cc(-c3cnn(C)c3)ccn2)cc1. The second kappa shape index (κ2) is 9.02. The van der Waals surface area contributed by atoms with Crippen molar-refractivity contribution in [2.24, 2.45) is 7.05 Å². The minimum Gasteiger partial charge on any atom is -0.340 e. The Balaban J connectivity index is 1.46. The Morgan fingerprint density at radius 3 is 2.58 bits per heavy atom. The van der Waals surface area contributed by atoms with Crippen molar-refractivity contribution in [1.29, 1.82) is 0 Å². The van der Waals surface area contributed by atoms with Crippen molar-refractivity contribution in [3.05, 3.63) is 89.9 Å². The van der Waals surface area contributed by atoms with Gasteiger partial charge in [-0.3, -0.25) is 9.48 Å². The van der Waals surface area contributed by atoms with E-state index in [2.05, 4.69) is 20.7 Å². The van der Waals surface area contributed by atoms with Crippen molar-refractivity contribution >= 4 is 34.7 Å². The summed E-state index contributed by atoms with van der Waals surface area (Å²) in [6, 6.07) is 17.0. The van der Waals surface area contributed by atoms with E-state index in [1.165, 1.54) is 0 Å². The molecule has 0 bridgehead atoms. The lowest BCUT2D eigenvalue weighted by atomic mass is 10.1. The summed E-state index contributed by atoms with van der Waals surface area (Å²) < 4.78 is 1.76. The second-order valence-corrected chi connectivity index (χ2v) is 7.54. The van der Waals surface area contributed by atoms with Gasteiger partial charge < -0.3 is 10.6 Å². The number of rotatable bonds is 6. The van der Waals surface area contributed by atoms with Gasteiger partial charge in [0.05, 0.1) is 6.20 Å². The molecule has 4 aromatic rings. The van der Waals surface area contributed by atoms with Crippen LogP contribution in [-0.4, -0.2) is 20.7 Å². The molecule has 4 rings (SSSR count). The third-order valence-corrected chi connectivity index (χ3v) is 5.23. The topological polar surface area (TPSA) is 71.8 Å². The van der Waals surface area contributed by atoms with Crippen LogP contribution in [0.2, 0.25) is 0 Å². The molecule has 156 valence electrons. The van der Waals surface area contributed by atoms with Gasteiger partial charge in [0.25, 0.3) is 5.91 Å². The van der Waals surface area contributed by atoms with Crippen molar-refractivity contribution in [3.63, 3.8) is 0 Å². The summed E-state index contributed by atoms with van der Waals surface area (Å²) >= 11 is 5.91. The monoisotopic (exact) mass is 431 g/mol. The van der Waals surface area contributed by atoms with Crippen LogP contribution in [0.4, 0.5) is 17.2 Å². The highest BCUT2D eigenvalue weighted by Crippen LogP contribution is 2.23. The highest BCUT2D eigenvalue weighted by atomic mass is 35.5. The molecule has 0 saturated carbocycles. The first kappa shape index (κ1) is 20.6. The number of nitrogens with zero attached hydrogens (tertiary/aromatic N) is 3. The number of halogens is 1. The normalized spacial score (nSPS) is 10.7.